The third kappa shape index (κ3) is 4.91. The summed E-state index contributed by atoms with van der Waals surface area (Å²) in [6, 6.07) is 2.02. The molecule has 3 N–H and O–H groups in total. The lowest BCUT2D eigenvalue weighted by Crippen LogP contribution is -3.28. The van der Waals surface area contributed by atoms with E-state index in [2.05, 4.69) is 15.4 Å². The SMILES string of the molecule is Cc1cc(C)n2c(=S)n(C[NH+]3CC[NH+](CC(=O)NC(C)(C)C)CC3)nc2n1. The number of aromatic nitrogens is 4. The van der Waals surface area contributed by atoms with Gasteiger partial charge in [-0.3, -0.25) is 9.20 Å². The molecule has 27 heavy (non-hydrogen) atoms. The van der Waals surface area contributed by atoms with Gasteiger partial charge in [-0.2, -0.15) is 4.68 Å². The van der Waals surface area contributed by atoms with Gasteiger partial charge in [0.1, 0.15) is 26.2 Å². The van der Waals surface area contributed by atoms with E-state index in [1.165, 1.54) is 9.80 Å². The minimum Gasteiger partial charge on any atom is -0.347 e. The lowest BCUT2D eigenvalue weighted by Gasteiger charge is -2.30. The Hall–Kier alpha value is -1.84. The molecule has 0 spiro atoms. The number of hydrogen-bond donors (Lipinski definition) is 3. The first-order chi connectivity index (χ1) is 12.6. The number of carbonyl (C=O) groups is 1. The first kappa shape index (κ1) is 19.9. The van der Waals surface area contributed by atoms with E-state index >= 15 is 0 Å². The maximum Gasteiger partial charge on any atom is 0.275 e. The molecule has 0 atom stereocenters. The number of piperazine rings is 1. The predicted octanol–water partition coefficient (Wildman–Crippen LogP) is -1.47. The van der Waals surface area contributed by atoms with Gasteiger partial charge in [-0.15, -0.1) is 5.10 Å². The second kappa shape index (κ2) is 7.65. The third-order valence-corrected chi connectivity index (χ3v) is 5.22. The summed E-state index contributed by atoms with van der Waals surface area (Å²) in [4.78, 5) is 19.4. The number of quaternary nitrogens is 2. The van der Waals surface area contributed by atoms with Gasteiger partial charge in [0, 0.05) is 16.9 Å². The molecule has 0 aliphatic carbocycles. The van der Waals surface area contributed by atoms with Crippen LogP contribution in [-0.2, 0) is 11.5 Å². The average Bonchev–Trinajstić information content (AvgIpc) is 2.83. The Morgan fingerprint density at radius 2 is 1.85 bits per heavy atom. The van der Waals surface area contributed by atoms with E-state index in [4.69, 9.17) is 12.2 Å². The minimum absolute atomic E-state index is 0.125. The fourth-order valence-electron chi connectivity index (χ4n) is 3.63. The third-order valence-electron chi connectivity index (χ3n) is 4.83. The van der Waals surface area contributed by atoms with Gasteiger partial charge in [-0.1, -0.05) is 0 Å². The van der Waals surface area contributed by atoms with Crippen LogP contribution in [0.25, 0.3) is 5.78 Å². The van der Waals surface area contributed by atoms with Crippen molar-refractivity contribution in [2.24, 2.45) is 0 Å². The van der Waals surface area contributed by atoms with Crippen LogP contribution in [0.2, 0.25) is 0 Å². The quantitative estimate of drug-likeness (QED) is 0.555. The zero-order valence-corrected chi connectivity index (χ0v) is 17.7. The lowest BCUT2D eigenvalue weighted by molar-refractivity contribution is -1.02. The Kier molecular flexibility index (Phi) is 5.64. The number of rotatable bonds is 4. The van der Waals surface area contributed by atoms with Crippen LogP contribution in [0.3, 0.4) is 0 Å². The van der Waals surface area contributed by atoms with Gasteiger partial charge >= 0.3 is 0 Å². The topological polar surface area (TPSA) is 73.1 Å². The Labute approximate surface area is 165 Å². The molecule has 0 aromatic carbocycles. The Balaban J connectivity index is 1.59. The number of amides is 1. The van der Waals surface area contributed by atoms with Gasteiger partial charge in [0.2, 0.25) is 4.77 Å². The highest BCUT2D eigenvalue weighted by atomic mass is 32.1. The zero-order valence-electron chi connectivity index (χ0n) is 16.9. The van der Waals surface area contributed by atoms with Gasteiger partial charge in [0.25, 0.3) is 11.7 Å². The van der Waals surface area contributed by atoms with E-state index in [1.807, 2.05) is 49.8 Å². The van der Waals surface area contributed by atoms with E-state index < -0.39 is 0 Å². The van der Waals surface area contributed by atoms with Crippen LogP contribution in [0.4, 0.5) is 0 Å². The maximum atomic E-state index is 12.1. The Morgan fingerprint density at radius 1 is 1.22 bits per heavy atom. The summed E-state index contributed by atoms with van der Waals surface area (Å²) in [5.41, 5.74) is 1.83. The zero-order chi connectivity index (χ0) is 19.8. The molecule has 0 bridgehead atoms. The van der Waals surface area contributed by atoms with Crippen molar-refractivity contribution >= 4 is 23.9 Å². The summed E-state index contributed by atoms with van der Waals surface area (Å²) in [6.07, 6.45) is 0. The summed E-state index contributed by atoms with van der Waals surface area (Å²) < 4.78 is 4.51. The monoisotopic (exact) mass is 393 g/mol. The van der Waals surface area contributed by atoms with Crippen molar-refractivity contribution in [1.29, 1.82) is 0 Å². The van der Waals surface area contributed by atoms with Gasteiger partial charge in [-0.25, -0.2) is 4.98 Å². The van der Waals surface area contributed by atoms with E-state index in [1.54, 1.807) is 0 Å². The van der Waals surface area contributed by atoms with E-state index in [0.717, 1.165) is 44.2 Å². The standard InChI is InChI=1S/C18H29N7OS/c1-13-10-14(2)25-16(19-13)21-24(17(25)27)12-23-8-6-22(7-9-23)11-15(26)20-18(3,4)5/h10H,6-9,11-12H2,1-5H3,(H,20,26)/p+2. The fraction of sp³-hybridized carbons (Fsp3) is 0.667. The molecule has 1 saturated heterocycles. The molecular weight excluding hydrogens is 362 g/mol. The molecule has 1 aliphatic heterocycles. The lowest BCUT2D eigenvalue weighted by atomic mass is 10.1. The number of fused-ring (bicyclic) bond motifs is 1. The summed E-state index contributed by atoms with van der Waals surface area (Å²) in [6.45, 7) is 15.3. The largest absolute Gasteiger partial charge is 0.347 e. The number of nitrogens with one attached hydrogen (secondary N) is 3. The summed E-state index contributed by atoms with van der Waals surface area (Å²) in [5, 5.41) is 7.65. The van der Waals surface area contributed by atoms with Crippen molar-refractivity contribution in [3.8, 4) is 0 Å². The van der Waals surface area contributed by atoms with Gasteiger partial charge in [0.05, 0.1) is 0 Å². The molecule has 8 nitrogen and oxygen atoms in total. The van der Waals surface area contributed by atoms with Crippen molar-refractivity contribution in [3.63, 3.8) is 0 Å². The molecule has 0 unspecified atom stereocenters. The van der Waals surface area contributed by atoms with Crippen molar-refractivity contribution in [2.75, 3.05) is 32.7 Å². The first-order valence-electron chi connectivity index (χ1n) is 9.54. The maximum absolute atomic E-state index is 12.1. The molecule has 1 aliphatic rings. The first-order valence-corrected chi connectivity index (χ1v) is 9.95. The number of aryl methyl sites for hydroxylation is 2. The Bertz CT molecular complexity index is 887. The van der Waals surface area contributed by atoms with E-state index in [-0.39, 0.29) is 11.4 Å². The number of carbonyl (C=O) groups excluding carboxylic acids is 1. The molecule has 3 rings (SSSR count). The van der Waals surface area contributed by atoms with Crippen molar-refractivity contribution in [3.05, 3.63) is 22.2 Å². The normalized spacial score (nSPS) is 20.8. The number of hydrogen-bond acceptors (Lipinski definition) is 4. The highest BCUT2D eigenvalue weighted by molar-refractivity contribution is 7.71. The summed E-state index contributed by atoms with van der Waals surface area (Å²) in [5.74, 6) is 0.792. The van der Waals surface area contributed by atoms with Crippen molar-refractivity contribution in [2.45, 2.75) is 46.8 Å². The van der Waals surface area contributed by atoms with Gasteiger partial charge in [0.15, 0.2) is 13.2 Å². The predicted molar refractivity (Wildman–Crippen MR) is 105 cm³/mol. The van der Waals surface area contributed by atoms with Crippen LogP contribution >= 0.6 is 12.2 Å². The van der Waals surface area contributed by atoms with Gasteiger partial charge < -0.3 is 15.1 Å². The molecule has 2 aromatic heterocycles. The van der Waals surface area contributed by atoms with Crippen LogP contribution in [0, 0.1) is 18.6 Å². The second-order valence-corrected chi connectivity index (χ2v) is 8.95. The highest BCUT2D eigenvalue weighted by Crippen LogP contribution is 2.06. The Morgan fingerprint density at radius 3 is 2.48 bits per heavy atom. The van der Waals surface area contributed by atoms with Crippen LogP contribution in [0.1, 0.15) is 32.2 Å². The van der Waals surface area contributed by atoms with Crippen LogP contribution in [0.15, 0.2) is 6.07 Å². The van der Waals surface area contributed by atoms with E-state index in [0.29, 0.717) is 17.1 Å². The molecule has 9 heteroatoms. The molecule has 1 amide bonds. The molecule has 3 heterocycles. The van der Waals surface area contributed by atoms with Crippen LogP contribution in [0.5, 0.6) is 0 Å². The van der Waals surface area contributed by atoms with Crippen LogP contribution in [-0.4, -0.2) is 63.3 Å². The van der Waals surface area contributed by atoms with Gasteiger partial charge in [-0.05, 0) is 52.9 Å². The van der Waals surface area contributed by atoms with Crippen LogP contribution < -0.4 is 15.1 Å². The summed E-state index contributed by atoms with van der Waals surface area (Å²) in [7, 11) is 0. The van der Waals surface area contributed by atoms with Crippen molar-refractivity contribution in [1.82, 2.24) is 24.5 Å². The molecule has 0 saturated carbocycles. The van der Waals surface area contributed by atoms with Crippen molar-refractivity contribution < 1.29 is 14.6 Å². The summed E-state index contributed by atoms with van der Waals surface area (Å²) >= 11 is 5.61. The smallest absolute Gasteiger partial charge is 0.275 e. The second-order valence-electron chi connectivity index (χ2n) is 8.59. The number of nitrogens with zero attached hydrogens (tertiary/aromatic N) is 4. The average molecular weight is 394 g/mol. The molecule has 0 radical (unpaired) electrons. The molecule has 2 aromatic rings. The molecule has 1 fully saturated rings. The highest BCUT2D eigenvalue weighted by Gasteiger charge is 2.26. The molecule has 148 valence electrons. The fourth-order valence-corrected chi connectivity index (χ4v) is 3.96. The molecular formula is C18H31N7OS+2. The minimum atomic E-state index is -0.173. The van der Waals surface area contributed by atoms with E-state index in [9.17, 15) is 4.79 Å².